The summed E-state index contributed by atoms with van der Waals surface area (Å²) in [6.45, 7) is 0. The number of nitrogens with one attached hydrogen (secondary N) is 1. The van der Waals surface area contributed by atoms with Gasteiger partial charge in [-0.25, -0.2) is 0 Å². The summed E-state index contributed by atoms with van der Waals surface area (Å²) in [5.74, 6) is 0.728. The van der Waals surface area contributed by atoms with Crippen LogP contribution in [0.5, 0.6) is 0 Å². The van der Waals surface area contributed by atoms with Gasteiger partial charge in [-0.05, 0) is 12.8 Å². The number of hydrogen-bond acceptors (Lipinski definition) is 3. The lowest BCUT2D eigenvalue weighted by molar-refractivity contribution is 1.05. The van der Waals surface area contributed by atoms with E-state index < -0.39 is 0 Å². The highest BCUT2D eigenvalue weighted by atomic mass is 32.2. The topological polar surface area (TPSA) is 62.2 Å². The maximum absolute atomic E-state index is 6.97. The molecule has 0 bridgehead atoms. The smallest absolute Gasteiger partial charge is 0.151 e. The van der Waals surface area contributed by atoms with Crippen LogP contribution in [0.4, 0.5) is 0 Å². The first-order valence-corrected chi connectivity index (χ1v) is 4.46. The molecule has 3 N–H and O–H groups in total. The van der Waals surface area contributed by atoms with Crippen molar-refractivity contribution in [1.29, 1.82) is 5.41 Å². The second-order valence-corrected chi connectivity index (χ2v) is 3.25. The van der Waals surface area contributed by atoms with Crippen LogP contribution in [0.1, 0.15) is 12.8 Å². The molecule has 1 heterocycles. The number of hydrogen-bond donors (Lipinski definition) is 2. The van der Waals surface area contributed by atoms with Gasteiger partial charge in [0.2, 0.25) is 0 Å². The Bertz CT molecular complexity index is 208. The molecule has 4 heteroatoms. The van der Waals surface area contributed by atoms with Crippen molar-refractivity contribution >= 4 is 23.1 Å². The normalized spacial score (nSPS) is 16.2. The third-order valence-electron chi connectivity index (χ3n) is 1.31. The van der Waals surface area contributed by atoms with E-state index in [9.17, 15) is 0 Å². The van der Waals surface area contributed by atoms with Gasteiger partial charge in [-0.3, -0.25) is 10.4 Å². The van der Waals surface area contributed by atoms with E-state index in [4.69, 9.17) is 11.1 Å². The highest BCUT2D eigenvalue weighted by molar-refractivity contribution is 8.13. The minimum atomic E-state index is 0.159. The fourth-order valence-electron chi connectivity index (χ4n) is 0.807. The van der Waals surface area contributed by atoms with Crippen molar-refractivity contribution in [3.8, 4) is 0 Å². The lowest BCUT2D eigenvalue weighted by Gasteiger charge is -2.03. The third-order valence-corrected chi connectivity index (χ3v) is 2.06. The summed E-state index contributed by atoms with van der Waals surface area (Å²) in [6.07, 6.45) is 6.11. The minimum Gasteiger partial charge on any atom is -0.379 e. The predicted molar refractivity (Wildman–Crippen MR) is 50.2 cm³/mol. The first-order valence-electron chi connectivity index (χ1n) is 3.47. The number of nitrogens with two attached hydrogens (primary N) is 1. The first-order chi connectivity index (χ1) is 5.29. The van der Waals surface area contributed by atoms with Crippen molar-refractivity contribution in [3.63, 3.8) is 0 Å². The van der Waals surface area contributed by atoms with E-state index >= 15 is 0 Å². The second kappa shape index (κ2) is 4.18. The molecule has 0 spiro atoms. The molecule has 0 radical (unpaired) electrons. The number of allylic oxidation sites excluding steroid dienone is 1. The van der Waals surface area contributed by atoms with E-state index in [0.717, 1.165) is 24.3 Å². The molecule has 60 valence electrons. The fourth-order valence-corrected chi connectivity index (χ4v) is 1.30. The van der Waals surface area contributed by atoms with E-state index in [-0.39, 0.29) is 5.17 Å². The number of aliphatic imine (C=N–C) groups is 1. The summed E-state index contributed by atoms with van der Waals surface area (Å²) in [4.78, 5) is 4.16. The maximum atomic E-state index is 6.97. The number of rotatable bonds is 2. The summed E-state index contributed by atoms with van der Waals surface area (Å²) in [5, 5.41) is 7.13. The Morgan fingerprint density at radius 1 is 1.73 bits per heavy atom. The van der Waals surface area contributed by atoms with Crippen molar-refractivity contribution in [1.82, 2.24) is 0 Å². The molecule has 1 aliphatic rings. The molecule has 11 heavy (non-hydrogen) atoms. The Hall–Kier alpha value is -0.770. The molecule has 0 saturated heterocycles. The van der Waals surface area contributed by atoms with Gasteiger partial charge in [-0.2, -0.15) is 0 Å². The molecular formula is C7H11N3S. The summed E-state index contributed by atoms with van der Waals surface area (Å²) in [7, 11) is 0. The molecule has 1 aliphatic heterocycles. The summed E-state index contributed by atoms with van der Waals surface area (Å²) >= 11 is 1.32. The third kappa shape index (κ3) is 3.23. The van der Waals surface area contributed by atoms with Crippen LogP contribution in [-0.2, 0) is 0 Å². The van der Waals surface area contributed by atoms with Crippen LogP contribution in [0.2, 0.25) is 0 Å². The van der Waals surface area contributed by atoms with Crippen LogP contribution in [0.3, 0.4) is 0 Å². The Kier molecular flexibility index (Phi) is 3.16. The predicted octanol–water partition coefficient (Wildman–Crippen LogP) is 1.36. The van der Waals surface area contributed by atoms with Crippen LogP contribution in [0.15, 0.2) is 16.8 Å². The molecule has 0 amide bonds. The Balaban J connectivity index is 2.31. The fraction of sp³-hybridized carbons (Fsp3) is 0.429. The zero-order valence-electron chi connectivity index (χ0n) is 6.21. The summed E-state index contributed by atoms with van der Waals surface area (Å²) < 4.78 is 0. The Morgan fingerprint density at radius 2 is 2.55 bits per heavy atom. The second-order valence-electron chi connectivity index (χ2n) is 2.24. The van der Waals surface area contributed by atoms with Crippen LogP contribution in [-0.4, -0.2) is 17.1 Å². The van der Waals surface area contributed by atoms with Gasteiger partial charge in [0.05, 0.1) is 0 Å². The molecule has 0 atom stereocenters. The quantitative estimate of drug-likeness (QED) is 0.484. The molecule has 3 nitrogen and oxygen atoms in total. The monoisotopic (exact) mass is 169 g/mol. The van der Waals surface area contributed by atoms with Crippen molar-refractivity contribution < 1.29 is 0 Å². The molecule has 0 aromatic carbocycles. The van der Waals surface area contributed by atoms with Gasteiger partial charge in [0.15, 0.2) is 5.17 Å². The van der Waals surface area contributed by atoms with Crippen LogP contribution in [0.25, 0.3) is 0 Å². The largest absolute Gasteiger partial charge is 0.379 e. The molecule has 0 unspecified atom stereocenters. The maximum Gasteiger partial charge on any atom is 0.151 e. The van der Waals surface area contributed by atoms with Gasteiger partial charge in [0.1, 0.15) is 0 Å². The average molecular weight is 169 g/mol. The van der Waals surface area contributed by atoms with E-state index in [2.05, 4.69) is 11.1 Å². The zero-order valence-corrected chi connectivity index (χ0v) is 7.03. The number of amidine groups is 1. The van der Waals surface area contributed by atoms with E-state index in [1.807, 2.05) is 6.21 Å². The molecule has 0 fully saturated rings. The highest BCUT2D eigenvalue weighted by Gasteiger charge is 1.99. The number of thioether (sulfide) groups is 1. The van der Waals surface area contributed by atoms with E-state index in [1.165, 1.54) is 11.8 Å². The van der Waals surface area contributed by atoms with E-state index in [1.54, 1.807) is 0 Å². The highest BCUT2D eigenvalue weighted by Crippen LogP contribution is 2.12. The minimum absolute atomic E-state index is 0.159. The zero-order chi connectivity index (χ0) is 8.10. The van der Waals surface area contributed by atoms with Crippen molar-refractivity contribution in [2.75, 3.05) is 5.75 Å². The average Bonchev–Trinajstić information content (AvgIpc) is 2.03. The summed E-state index contributed by atoms with van der Waals surface area (Å²) in [5.41, 5.74) is 6.22. The molecule has 0 aromatic rings. The lowest BCUT2D eigenvalue weighted by atomic mass is 10.2. The van der Waals surface area contributed by atoms with Gasteiger partial charge >= 0.3 is 0 Å². The van der Waals surface area contributed by atoms with Gasteiger partial charge in [-0.15, -0.1) is 0 Å². The standard InChI is InChI=1S/C7H11N3S/c8-7(9)11-5-6-3-1-2-4-10-6/h3-4H,1-2,5H2,(H3,8,9). The van der Waals surface area contributed by atoms with Crippen molar-refractivity contribution in [2.45, 2.75) is 12.8 Å². The molecule has 0 saturated carbocycles. The van der Waals surface area contributed by atoms with Crippen molar-refractivity contribution in [3.05, 3.63) is 11.8 Å². The van der Waals surface area contributed by atoms with Crippen LogP contribution >= 0.6 is 11.8 Å². The molecular weight excluding hydrogens is 158 g/mol. The molecule has 0 aliphatic carbocycles. The van der Waals surface area contributed by atoms with Crippen LogP contribution < -0.4 is 5.73 Å². The van der Waals surface area contributed by atoms with Gasteiger partial charge in [-0.1, -0.05) is 17.8 Å². The van der Waals surface area contributed by atoms with Gasteiger partial charge in [0.25, 0.3) is 0 Å². The van der Waals surface area contributed by atoms with E-state index in [0.29, 0.717) is 0 Å². The number of nitrogens with zero attached hydrogens (tertiary/aromatic N) is 1. The molecule has 0 aromatic heterocycles. The van der Waals surface area contributed by atoms with Crippen LogP contribution in [0, 0.1) is 5.41 Å². The first kappa shape index (κ1) is 8.33. The summed E-state index contributed by atoms with van der Waals surface area (Å²) in [6, 6.07) is 0. The Morgan fingerprint density at radius 3 is 3.09 bits per heavy atom. The lowest BCUT2D eigenvalue weighted by Crippen LogP contribution is -2.05. The SMILES string of the molecule is N=C(N)SCC1=CCCC=N1. The van der Waals surface area contributed by atoms with Gasteiger partial charge in [0, 0.05) is 17.7 Å². The molecule has 1 rings (SSSR count). The van der Waals surface area contributed by atoms with Crippen molar-refractivity contribution in [2.24, 2.45) is 10.7 Å². The van der Waals surface area contributed by atoms with Gasteiger partial charge < -0.3 is 5.73 Å². The Labute approximate surface area is 70.3 Å².